The van der Waals surface area contributed by atoms with Crippen LogP contribution in [0.2, 0.25) is 0 Å². The van der Waals surface area contributed by atoms with Gasteiger partial charge in [0.25, 0.3) is 5.91 Å². The fourth-order valence-electron chi connectivity index (χ4n) is 3.47. The minimum atomic E-state index is -0.0262. The quantitative estimate of drug-likeness (QED) is 0.771. The number of hydrogen-bond acceptors (Lipinski definition) is 5. The second kappa shape index (κ2) is 6.76. The predicted molar refractivity (Wildman–Crippen MR) is 94.4 cm³/mol. The Hall–Kier alpha value is -2.54. The van der Waals surface area contributed by atoms with Gasteiger partial charge in [0, 0.05) is 30.6 Å². The van der Waals surface area contributed by atoms with Crippen LogP contribution in [0.25, 0.3) is 22.1 Å². The van der Waals surface area contributed by atoms with Crippen molar-refractivity contribution in [1.29, 1.82) is 0 Å². The van der Waals surface area contributed by atoms with Gasteiger partial charge in [0.2, 0.25) is 5.65 Å². The summed E-state index contributed by atoms with van der Waals surface area (Å²) in [4.78, 5) is 16.9. The predicted octanol–water partition coefficient (Wildman–Crippen LogP) is 2.30. The van der Waals surface area contributed by atoms with Crippen LogP contribution in [0.15, 0.2) is 24.5 Å². The zero-order valence-electron chi connectivity index (χ0n) is 14.2. The number of nitrogens with one attached hydrogen (secondary N) is 1. The molecular formula is C18H21N5O2. The first-order chi connectivity index (χ1) is 12.3. The largest absolute Gasteiger partial charge is 0.383 e. The van der Waals surface area contributed by atoms with Gasteiger partial charge in [0.1, 0.15) is 0 Å². The lowest BCUT2D eigenvalue weighted by Crippen LogP contribution is -2.32. The zero-order chi connectivity index (χ0) is 17.2. The van der Waals surface area contributed by atoms with Gasteiger partial charge in [-0.3, -0.25) is 4.79 Å². The third-order valence-electron chi connectivity index (χ3n) is 4.81. The summed E-state index contributed by atoms with van der Waals surface area (Å²) in [6.07, 6.45) is 6.26. The van der Waals surface area contributed by atoms with Gasteiger partial charge in [-0.25, -0.2) is 4.98 Å². The monoisotopic (exact) mass is 339 g/mol. The molecule has 0 radical (unpaired) electrons. The Morgan fingerprint density at radius 1 is 1.32 bits per heavy atom. The molecule has 0 unspecified atom stereocenters. The van der Waals surface area contributed by atoms with Gasteiger partial charge < -0.3 is 14.6 Å². The maximum absolute atomic E-state index is 12.6. The maximum atomic E-state index is 12.6. The average molecular weight is 339 g/mol. The number of fused-ring (bicyclic) bond motifs is 3. The molecule has 0 bridgehead atoms. The maximum Gasteiger partial charge on any atom is 0.251 e. The highest BCUT2D eigenvalue weighted by Gasteiger charge is 2.19. The van der Waals surface area contributed by atoms with Crippen molar-refractivity contribution in [3.05, 3.63) is 30.1 Å². The molecular weight excluding hydrogens is 318 g/mol. The summed E-state index contributed by atoms with van der Waals surface area (Å²) in [6, 6.07) is 5.84. The number of benzene rings is 1. The van der Waals surface area contributed by atoms with Crippen LogP contribution in [0.1, 0.15) is 36.0 Å². The SMILES string of the molecule is COCCn1cnc2nnc3ccc(C(=O)NC4CCCC4)cc3c21. The molecule has 4 rings (SSSR count). The van der Waals surface area contributed by atoms with Crippen molar-refractivity contribution in [3.8, 4) is 0 Å². The Morgan fingerprint density at radius 2 is 2.16 bits per heavy atom. The van der Waals surface area contributed by atoms with Crippen LogP contribution in [0.5, 0.6) is 0 Å². The van der Waals surface area contributed by atoms with Crippen LogP contribution >= 0.6 is 0 Å². The summed E-state index contributed by atoms with van der Waals surface area (Å²) in [5, 5.41) is 12.4. The number of carbonyl (C=O) groups excluding carboxylic acids is 1. The van der Waals surface area contributed by atoms with Crippen molar-refractivity contribution >= 4 is 28.0 Å². The molecule has 1 aromatic carbocycles. The minimum absolute atomic E-state index is 0.0262. The third kappa shape index (κ3) is 3.07. The average Bonchev–Trinajstić information content (AvgIpc) is 3.29. The van der Waals surface area contributed by atoms with Gasteiger partial charge in [0.15, 0.2) is 0 Å². The molecule has 2 aromatic heterocycles. The van der Waals surface area contributed by atoms with E-state index in [0.29, 0.717) is 30.4 Å². The lowest BCUT2D eigenvalue weighted by Gasteiger charge is -2.12. The first-order valence-electron chi connectivity index (χ1n) is 8.67. The number of aromatic nitrogens is 4. The fourth-order valence-corrected chi connectivity index (χ4v) is 3.47. The molecule has 3 aromatic rings. The molecule has 1 amide bonds. The molecule has 1 aliphatic rings. The second-order valence-corrected chi connectivity index (χ2v) is 6.49. The second-order valence-electron chi connectivity index (χ2n) is 6.49. The van der Waals surface area contributed by atoms with Crippen LogP contribution in [0, 0.1) is 0 Å². The number of carbonyl (C=O) groups is 1. The molecule has 2 heterocycles. The molecule has 7 heteroatoms. The summed E-state index contributed by atoms with van der Waals surface area (Å²) in [7, 11) is 1.67. The first kappa shape index (κ1) is 16.0. The van der Waals surface area contributed by atoms with Crippen LogP contribution in [0.3, 0.4) is 0 Å². The van der Waals surface area contributed by atoms with Gasteiger partial charge in [-0.1, -0.05) is 12.8 Å². The standard InChI is InChI=1S/C18H21N5O2/c1-25-9-8-23-11-19-17-16(23)14-10-12(6-7-15(14)21-22-17)18(24)20-13-4-2-3-5-13/h6-7,10-11,13H,2-5,8-9H2,1H3,(H,20,24). The molecule has 7 nitrogen and oxygen atoms in total. The molecule has 1 N–H and O–H groups in total. The summed E-state index contributed by atoms with van der Waals surface area (Å²) < 4.78 is 7.16. The van der Waals surface area contributed by atoms with Crippen molar-refractivity contribution in [2.45, 2.75) is 38.3 Å². The molecule has 130 valence electrons. The molecule has 1 aliphatic carbocycles. The van der Waals surface area contributed by atoms with Gasteiger partial charge >= 0.3 is 0 Å². The highest BCUT2D eigenvalue weighted by atomic mass is 16.5. The number of imidazole rings is 1. The van der Waals surface area contributed by atoms with Crippen LogP contribution in [-0.2, 0) is 11.3 Å². The van der Waals surface area contributed by atoms with Gasteiger partial charge in [-0.15, -0.1) is 10.2 Å². The van der Waals surface area contributed by atoms with E-state index >= 15 is 0 Å². The van der Waals surface area contributed by atoms with Gasteiger partial charge in [-0.05, 0) is 31.0 Å². The summed E-state index contributed by atoms with van der Waals surface area (Å²) in [5.41, 5.74) is 2.87. The smallest absolute Gasteiger partial charge is 0.251 e. The van der Waals surface area contributed by atoms with E-state index in [0.717, 1.165) is 29.3 Å². The lowest BCUT2D eigenvalue weighted by molar-refractivity contribution is 0.0938. The Bertz CT molecular complexity index is 914. The molecule has 1 fully saturated rings. The van der Waals surface area contributed by atoms with E-state index < -0.39 is 0 Å². The number of nitrogens with zero attached hydrogens (tertiary/aromatic N) is 4. The van der Waals surface area contributed by atoms with Gasteiger partial charge in [-0.2, -0.15) is 0 Å². The topological polar surface area (TPSA) is 81.9 Å². The molecule has 0 spiro atoms. The van der Waals surface area contributed by atoms with Crippen molar-refractivity contribution in [1.82, 2.24) is 25.1 Å². The van der Waals surface area contributed by atoms with Crippen LogP contribution in [-0.4, -0.2) is 45.4 Å². The number of rotatable bonds is 5. The number of amides is 1. The highest BCUT2D eigenvalue weighted by molar-refractivity contribution is 6.05. The molecule has 0 atom stereocenters. The Balaban J connectivity index is 1.73. The lowest BCUT2D eigenvalue weighted by atomic mass is 10.1. The van der Waals surface area contributed by atoms with E-state index in [-0.39, 0.29) is 5.91 Å². The fraction of sp³-hybridized carbons (Fsp3) is 0.444. The number of methoxy groups -OCH3 is 1. The van der Waals surface area contributed by atoms with E-state index in [9.17, 15) is 4.79 Å². The third-order valence-corrected chi connectivity index (χ3v) is 4.81. The highest BCUT2D eigenvalue weighted by Crippen LogP contribution is 2.23. The molecule has 1 saturated carbocycles. The van der Waals surface area contributed by atoms with Crippen molar-refractivity contribution < 1.29 is 9.53 Å². The summed E-state index contributed by atoms with van der Waals surface area (Å²) in [5.74, 6) is -0.0262. The van der Waals surface area contributed by atoms with E-state index in [1.165, 1.54) is 12.8 Å². The normalized spacial score (nSPS) is 15.2. The summed E-state index contributed by atoms with van der Waals surface area (Å²) >= 11 is 0. The number of hydrogen-bond donors (Lipinski definition) is 1. The van der Waals surface area contributed by atoms with Gasteiger partial charge in [0.05, 0.1) is 24.0 Å². The Labute approximate surface area is 145 Å². The number of ether oxygens (including phenoxy) is 1. The molecule has 25 heavy (non-hydrogen) atoms. The van der Waals surface area contributed by atoms with Crippen molar-refractivity contribution in [2.75, 3.05) is 13.7 Å². The Morgan fingerprint density at radius 3 is 2.96 bits per heavy atom. The van der Waals surface area contributed by atoms with Crippen molar-refractivity contribution in [2.24, 2.45) is 0 Å². The zero-order valence-corrected chi connectivity index (χ0v) is 14.2. The van der Waals surface area contributed by atoms with Crippen LogP contribution < -0.4 is 5.32 Å². The first-order valence-corrected chi connectivity index (χ1v) is 8.67. The van der Waals surface area contributed by atoms with Crippen LogP contribution in [0.4, 0.5) is 0 Å². The minimum Gasteiger partial charge on any atom is -0.383 e. The van der Waals surface area contributed by atoms with E-state index in [1.54, 1.807) is 13.4 Å². The summed E-state index contributed by atoms with van der Waals surface area (Å²) in [6.45, 7) is 1.25. The Kier molecular flexibility index (Phi) is 4.31. The molecule has 0 saturated heterocycles. The van der Waals surface area contributed by atoms with E-state index in [1.807, 2.05) is 22.8 Å². The van der Waals surface area contributed by atoms with E-state index in [4.69, 9.17) is 4.74 Å². The van der Waals surface area contributed by atoms with E-state index in [2.05, 4.69) is 20.5 Å². The molecule has 0 aliphatic heterocycles. The van der Waals surface area contributed by atoms with Crippen molar-refractivity contribution in [3.63, 3.8) is 0 Å².